The minimum Gasteiger partial charge on any atom is -0.450 e. The smallest absolute Gasteiger partial charge is 0.407 e. The number of rotatable bonds is 9. The largest absolute Gasteiger partial charge is 0.450 e. The van der Waals surface area contributed by atoms with Crippen LogP contribution in [-0.2, 0) is 14.8 Å². The highest BCUT2D eigenvalue weighted by atomic mass is 32.2. The number of sulfonamides is 1. The summed E-state index contributed by atoms with van der Waals surface area (Å²) in [5.41, 5.74) is 0. The fourth-order valence-electron chi connectivity index (χ4n) is 1.67. The zero-order chi connectivity index (χ0) is 14.9. The van der Waals surface area contributed by atoms with Crippen LogP contribution < -0.4 is 10.0 Å². The highest BCUT2D eigenvalue weighted by Crippen LogP contribution is 2.05. The number of amides is 1. The van der Waals surface area contributed by atoms with Crippen molar-refractivity contribution >= 4 is 16.1 Å². The minimum absolute atomic E-state index is 0.0980. The van der Waals surface area contributed by atoms with Crippen molar-refractivity contribution in [2.75, 3.05) is 18.9 Å². The molecule has 0 aromatic rings. The van der Waals surface area contributed by atoms with Gasteiger partial charge in [0.05, 0.1) is 12.4 Å². The van der Waals surface area contributed by atoms with E-state index in [1.807, 2.05) is 20.8 Å². The molecule has 114 valence electrons. The second kappa shape index (κ2) is 9.14. The number of carbonyl (C=O) groups excluding carboxylic acids is 1. The molecule has 2 N–H and O–H groups in total. The number of alkyl carbamates (subject to hydrolysis) is 1. The summed E-state index contributed by atoms with van der Waals surface area (Å²) in [5.74, 6) is 0.448. The van der Waals surface area contributed by atoms with Gasteiger partial charge < -0.3 is 10.1 Å². The SMILES string of the molecule is CCCS(=O)(=O)NCC(CC(C)C)NC(=O)OCC. The topological polar surface area (TPSA) is 84.5 Å². The first-order valence-electron chi connectivity index (χ1n) is 6.71. The minimum atomic E-state index is -3.25. The maximum Gasteiger partial charge on any atom is 0.407 e. The predicted octanol–water partition coefficient (Wildman–Crippen LogP) is 1.48. The maximum atomic E-state index is 11.6. The summed E-state index contributed by atoms with van der Waals surface area (Å²) < 4.78 is 30.5. The highest BCUT2D eigenvalue weighted by Gasteiger charge is 2.17. The van der Waals surface area contributed by atoms with Crippen molar-refractivity contribution in [2.45, 2.75) is 46.6 Å². The second-order valence-corrected chi connectivity index (χ2v) is 6.79. The molecule has 0 aliphatic rings. The first-order valence-corrected chi connectivity index (χ1v) is 8.36. The van der Waals surface area contributed by atoms with Crippen LogP contribution >= 0.6 is 0 Å². The zero-order valence-corrected chi connectivity index (χ0v) is 13.0. The molecule has 0 saturated carbocycles. The second-order valence-electron chi connectivity index (χ2n) is 4.86. The van der Waals surface area contributed by atoms with Crippen LogP contribution in [0.4, 0.5) is 4.79 Å². The lowest BCUT2D eigenvalue weighted by Crippen LogP contribution is -2.45. The molecule has 6 nitrogen and oxygen atoms in total. The number of hydrogen-bond donors (Lipinski definition) is 2. The summed E-state index contributed by atoms with van der Waals surface area (Å²) in [4.78, 5) is 11.4. The molecule has 0 spiro atoms. The third-order valence-corrected chi connectivity index (χ3v) is 3.93. The van der Waals surface area contributed by atoms with Gasteiger partial charge >= 0.3 is 6.09 Å². The van der Waals surface area contributed by atoms with E-state index in [0.29, 0.717) is 25.4 Å². The Balaban J connectivity index is 4.39. The summed E-state index contributed by atoms with van der Waals surface area (Å²) in [6, 6.07) is -0.259. The predicted molar refractivity (Wildman–Crippen MR) is 75.5 cm³/mol. The third-order valence-electron chi connectivity index (χ3n) is 2.38. The first kappa shape index (κ1) is 18.2. The maximum absolute atomic E-state index is 11.6. The molecule has 0 aliphatic heterocycles. The van der Waals surface area contributed by atoms with Crippen LogP contribution in [0.25, 0.3) is 0 Å². The summed E-state index contributed by atoms with van der Waals surface area (Å²) >= 11 is 0. The van der Waals surface area contributed by atoms with Gasteiger partial charge in [-0.3, -0.25) is 0 Å². The Labute approximate surface area is 116 Å². The van der Waals surface area contributed by atoms with Gasteiger partial charge in [0.25, 0.3) is 0 Å². The van der Waals surface area contributed by atoms with E-state index in [-0.39, 0.29) is 18.3 Å². The van der Waals surface area contributed by atoms with Crippen molar-refractivity contribution in [1.29, 1.82) is 0 Å². The molecule has 0 radical (unpaired) electrons. The van der Waals surface area contributed by atoms with E-state index < -0.39 is 16.1 Å². The van der Waals surface area contributed by atoms with Crippen LogP contribution in [0.15, 0.2) is 0 Å². The standard InChI is InChI=1S/C12H26N2O4S/c1-5-7-19(16,17)13-9-11(8-10(3)4)14-12(15)18-6-2/h10-11,13H,5-9H2,1-4H3,(H,14,15). The first-order chi connectivity index (χ1) is 8.80. The van der Waals surface area contributed by atoms with E-state index >= 15 is 0 Å². The molecule has 7 heteroatoms. The van der Waals surface area contributed by atoms with Crippen LogP contribution in [0, 0.1) is 5.92 Å². The van der Waals surface area contributed by atoms with Crippen molar-refractivity contribution < 1.29 is 17.9 Å². The lowest BCUT2D eigenvalue weighted by atomic mass is 10.0. The molecule has 19 heavy (non-hydrogen) atoms. The highest BCUT2D eigenvalue weighted by molar-refractivity contribution is 7.89. The molecule has 0 aliphatic carbocycles. The van der Waals surface area contributed by atoms with Crippen molar-refractivity contribution in [3.8, 4) is 0 Å². The average Bonchev–Trinajstić information content (AvgIpc) is 2.25. The van der Waals surface area contributed by atoms with E-state index in [1.165, 1.54) is 0 Å². The Kier molecular flexibility index (Phi) is 8.75. The molecule has 0 fully saturated rings. The molecule has 0 rings (SSSR count). The Morgan fingerprint density at radius 3 is 2.37 bits per heavy atom. The van der Waals surface area contributed by atoms with Crippen molar-refractivity contribution in [2.24, 2.45) is 5.92 Å². The van der Waals surface area contributed by atoms with Crippen LogP contribution in [0.3, 0.4) is 0 Å². The van der Waals surface area contributed by atoms with E-state index in [1.54, 1.807) is 6.92 Å². The Bertz CT molecular complexity index is 355. The molecule has 0 aromatic carbocycles. The van der Waals surface area contributed by atoms with Crippen LogP contribution in [0.5, 0.6) is 0 Å². The summed E-state index contributed by atoms with van der Waals surface area (Å²) in [7, 11) is -3.25. The van der Waals surface area contributed by atoms with E-state index in [9.17, 15) is 13.2 Å². The number of ether oxygens (including phenoxy) is 1. The monoisotopic (exact) mass is 294 g/mol. The average molecular weight is 294 g/mol. The lowest BCUT2D eigenvalue weighted by molar-refractivity contribution is 0.146. The number of nitrogens with one attached hydrogen (secondary N) is 2. The molecule has 0 aromatic heterocycles. The Morgan fingerprint density at radius 1 is 1.26 bits per heavy atom. The Morgan fingerprint density at radius 2 is 1.89 bits per heavy atom. The van der Waals surface area contributed by atoms with Crippen LogP contribution in [0.1, 0.15) is 40.5 Å². The van der Waals surface area contributed by atoms with E-state index in [2.05, 4.69) is 10.0 Å². The van der Waals surface area contributed by atoms with Crippen LogP contribution in [0.2, 0.25) is 0 Å². The molecule has 1 amide bonds. The fraction of sp³-hybridized carbons (Fsp3) is 0.917. The van der Waals surface area contributed by atoms with Gasteiger partial charge in [-0.05, 0) is 25.7 Å². The third kappa shape index (κ3) is 9.72. The van der Waals surface area contributed by atoms with Gasteiger partial charge in [-0.25, -0.2) is 17.9 Å². The molecule has 1 atom stereocenters. The molecule has 0 bridgehead atoms. The van der Waals surface area contributed by atoms with Gasteiger partial charge in [-0.15, -0.1) is 0 Å². The molecule has 0 heterocycles. The Hall–Kier alpha value is -0.820. The van der Waals surface area contributed by atoms with Gasteiger partial charge in [0, 0.05) is 12.6 Å². The number of hydrogen-bond acceptors (Lipinski definition) is 4. The van der Waals surface area contributed by atoms with Crippen molar-refractivity contribution in [3.63, 3.8) is 0 Å². The lowest BCUT2D eigenvalue weighted by Gasteiger charge is -2.20. The van der Waals surface area contributed by atoms with Crippen molar-refractivity contribution in [1.82, 2.24) is 10.0 Å². The van der Waals surface area contributed by atoms with Gasteiger partial charge in [-0.1, -0.05) is 20.8 Å². The van der Waals surface area contributed by atoms with Gasteiger partial charge in [0.1, 0.15) is 0 Å². The molecular formula is C12H26N2O4S. The van der Waals surface area contributed by atoms with E-state index in [0.717, 1.165) is 0 Å². The fourth-order valence-corrected chi connectivity index (χ4v) is 2.81. The van der Waals surface area contributed by atoms with Crippen molar-refractivity contribution in [3.05, 3.63) is 0 Å². The molecule has 0 saturated heterocycles. The summed E-state index contributed by atoms with van der Waals surface area (Å²) in [5, 5.41) is 2.68. The normalized spacial score (nSPS) is 13.3. The number of carbonyl (C=O) groups is 1. The summed E-state index contributed by atoms with van der Waals surface area (Å²) in [6.45, 7) is 8.05. The summed E-state index contributed by atoms with van der Waals surface area (Å²) in [6.07, 6.45) is 0.742. The van der Waals surface area contributed by atoms with E-state index in [4.69, 9.17) is 4.74 Å². The quantitative estimate of drug-likeness (QED) is 0.674. The molecular weight excluding hydrogens is 268 g/mol. The van der Waals surface area contributed by atoms with Gasteiger partial charge in [-0.2, -0.15) is 0 Å². The zero-order valence-electron chi connectivity index (χ0n) is 12.2. The van der Waals surface area contributed by atoms with Gasteiger partial charge in [0.2, 0.25) is 10.0 Å². The molecule has 1 unspecified atom stereocenters. The van der Waals surface area contributed by atoms with Gasteiger partial charge in [0.15, 0.2) is 0 Å². The van der Waals surface area contributed by atoms with Crippen LogP contribution in [-0.4, -0.2) is 39.5 Å².